The van der Waals surface area contributed by atoms with Crippen LogP contribution in [0.2, 0.25) is 0 Å². The third-order valence-electron chi connectivity index (χ3n) is 2.00. The molecule has 2 N–H and O–H groups in total. The van der Waals surface area contributed by atoms with Crippen LogP contribution in [0, 0.1) is 0 Å². The van der Waals surface area contributed by atoms with Gasteiger partial charge in [-0.1, -0.05) is 12.1 Å². The predicted octanol–water partition coefficient (Wildman–Crippen LogP) is 1.29. The number of rotatable bonds is 5. The maximum atomic E-state index is 11.0. The number of hydrogen-bond acceptors (Lipinski definition) is 4. The lowest BCUT2D eigenvalue weighted by molar-refractivity contribution is -0.132. The fourth-order valence-corrected chi connectivity index (χ4v) is 1.25. The number of ether oxygens (including phenoxy) is 2. The highest BCUT2D eigenvalue weighted by molar-refractivity contribution is 5.75. The molecule has 1 rings (SSSR count). The predicted molar refractivity (Wildman–Crippen MR) is 61.6 cm³/mol. The van der Waals surface area contributed by atoms with Crippen LogP contribution in [0.5, 0.6) is 11.5 Å². The Kier molecular flexibility index (Phi) is 4.54. The topological polar surface area (TPSA) is 61.5 Å². The number of allylic oxidation sites excluding steroid dienone is 1. The number of nitrogens with two attached hydrogens (primary N) is 1. The van der Waals surface area contributed by atoms with E-state index in [4.69, 9.17) is 15.2 Å². The Bertz CT molecular complexity index is 388. The summed E-state index contributed by atoms with van der Waals surface area (Å²) in [5.74, 6) is 0.404. The van der Waals surface area contributed by atoms with Gasteiger partial charge in [-0.15, -0.1) is 6.58 Å². The van der Waals surface area contributed by atoms with Gasteiger partial charge < -0.3 is 15.2 Å². The normalized spacial score (nSPS) is 9.62. The number of hydrogen-bond donors (Lipinski definition) is 1. The first-order valence-electron chi connectivity index (χ1n) is 4.89. The molecule has 0 heterocycles. The third kappa shape index (κ3) is 3.10. The molecule has 0 aliphatic rings. The fourth-order valence-electron chi connectivity index (χ4n) is 1.25. The van der Waals surface area contributed by atoms with Gasteiger partial charge in [-0.25, -0.2) is 0 Å². The van der Waals surface area contributed by atoms with Crippen molar-refractivity contribution < 1.29 is 14.3 Å². The zero-order chi connectivity index (χ0) is 12.0. The number of carbonyl (C=O) groups is 1. The van der Waals surface area contributed by atoms with Crippen LogP contribution in [0.25, 0.3) is 0 Å². The summed E-state index contributed by atoms with van der Waals surface area (Å²) in [7, 11) is 1.52. The Balaban J connectivity index is 2.92. The van der Waals surface area contributed by atoms with E-state index >= 15 is 0 Å². The van der Waals surface area contributed by atoms with Gasteiger partial charge in [0.1, 0.15) is 0 Å². The van der Waals surface area contributed by atoms with Crippen molar-refractivity contribution in [1.29, 1.82) is 0 Å². The van der Waals surface area contributed by atoms with E-state index < -0.39 is 5.97 Å². The highest BCUT2D eigenvalue weighted by atomic mass is 16.6. The number of carbonyl (C=O) groups excluding carboxylic acids is 1. The molecule has 4 heteroatoms. The number of methoxy groups -OCH3 is 1. The van der Waals surface area contributed by atoms with Gasteiger partial charge in [-0.2, -0.15) is 0 Å². The summed E-state index contributed by atoms with van der Waals surface area (Å²) < 4.78 is 10.1. The van der Waals surface area contributed by atoms with E-state index in [-0.39, 0.29) is 6.54 Å². The SMILES string of the molecule is C=CCc1ccc(OC(=O)CN)c(OC)c1. The Hall–Kier alpha value is -1.81. The van der Waals surface area contributed by atoms with Crippen LogP contribution >= 0.6 is 0 Å². The average molecular weight is 221 g/mol. The van der Waals surface area contributed by atoms with E-state index in [1.165, 1.54) is 7.11 Å². The summed E-state index contributed by atoms with van der Waals surface area (Å²) in [5, 5.41) is 0. The van der Waals surface area contributed by atoms with Gasteiger partial charge in [0, 0.05) is 0 Å². The van der Waals surface area contributed by atoms with Gasteiger partial charge in [0.2, 0.25) is 0 Å². The van der Waals surface area contributed by atoms with E-state index in [0.29, 0.717) is 11.5 Å². The van der Waals surface area contributed by atoms with Crippen LogP contribution in [-0.4, -0.2) is 19.6 Å². The molecule has 0 aliphatic heterocycles. The fraction of sp³-hybridized carbons (Fsp3) is 0.250. The van der Waals surface area contributed by atoms with E-state index in [9.17, 15) is 4.79 Å². The maximum Gasteiger partial charge on any atom is 0.325 e. The standard InChI is InChI=1S/C12H15NO3/c1-3-4-9-5-6-10(11(7-9)15-2)16-12(14)8-13/h3,5-7H,1,4,8,13H2,2H3. The van der Waals surface area contributed by atoms with Crippen molar-refractivity contribution in [3.05, 3.63) is 36.4 Å². The highest BCUT2D eigenvalue weighted by Gasteiger charge is 2.08. The molecule has 0 aromatic heterocycles. The van der Waals surface area contributed by atoms with Crippen molar-refractivity contribution in [3.63, 3.8) is 0 Å². The van der Waals surface area contributed by atoms with E-state index in [2.05, 4.69) is 6.58 Å². The molecule has 4 nitrogen and oxygen atoms in total. The lowest BCUT2D eigenvalue weighted by atomic mass is 10.1. The summed E-state index contributed by atoms with van der Waals surface area (Å²) >= 11 is 0. The minimum Gasteiger partial charge on any atom is -0.493 e. The Morgan fingerprint density at radius 1 is 1.50 bits per heavy atom. The number of benzene rings is 1. The van der Waals surface area contributed by atoms with E-state index in [1.807, 2.05) is 6.07 Å². The van der Waals surface area contributed by atoms with Gasteiger partial charge in [0.25, 0.3) is 0 Å². The summed E-state index contributed by atoms with van der Waals surface area (Å²) in [5.41, 5.74) is 6.20. The summed E-state index contributed by atoms with van der Waals surface area (Å²) in [6.45, 7) is 3.50. The second kappa shape index (κ2) is 5.92. The lowest BCUT2D eigenvalue weighted by Gasteiger charge is -2.09. The first kappa shape index (κ1) is 12.3. The van der Waals surface area contributed by atoms with E-state index in [1.54, 1.807) is 18.2 Å². The molecule has 0 atom stereocenters. The monoisotopic (exact) mass is 221 g/mol. The zero-order valence-electron chi connectivity index (χ0n) is 9.23. The first-order chi connectivity index (χ1) is 7.71. The zero-order valence-corrected chi connectivity index (χ0v) is 9.23. The lowest BCUT2D eigenvalue weighted by Crippen LogP contribution is -2.19. The third-order valence-corrected chi connectivity index (χ3v) is 2.00. The van der Waals surface area contributed by atoms with Crippen LogP contribution in [-0.2, 0) is 11.2 Å². The van der Waals surface area contributed by atoms with Crippen molar-refractivity contribution >= 4 is 5.97 Å². The molecule has 0 unspecified atom stereocenters. The van der Waals surface area contributed by atoms with Crippen molar-refractivity contribution in [3.8, 4) is 11.5 Å². The average Bonchev–Trinajstić information content (AvgIpc) is 2.31. The molecule has 0 saturated carbocycles. The summed E-state index contributed by atoms with van der Waals surface area (Å²) in [6.07, 6.45) is 2.53. The smallest absolute Gasteiger partial charge is 0.325 e. The van der Waals surface area contributed by atoms with Gasteiger partial charge >= 0.3 is 5.97 Å². The molecule has 1 aromatic rings. The second-order valence-electron chi connectivity index (χ2n) is 3.16. The minimum atomic E-state index is -0.491. The van der Waals surface area contributed by atoms with Crippen molar-refractivity contribution in [1.82, 2.24) is 0 Å². The summed E-state index contributed by atoms with van der Waals surface area (Å²) in [4.78, 5) is 11.0. The molecule has 0 amide bonds. The van der Waals surface area contributed by atoms with E-state index in [0.717, 1.165) is 12.0 Å². The van der Waals surface area contributed by atoms with Crippen LogP contribution in [0.4, 0.5) is 0 Å². The van der Waals surface area contributed by atoms with Crippen LogP contribution in [0.1, 0.15) is 5.56 Å². The molecular formula is C12H15NO3. The van der Waals surface area contributed by atoms with Crippen molar-refractivity contribution in [2.75, 3.05) is 13.7 Å². The maximum absolute atomic E-state index is 11.0. The first-order valence-corrected chi connectivity index (χ1v) is 4.89. The van der Waals surface area contributed by atoms with Gasteiger partial charge in [0.15, 0.2) is 11.5 Å². The largest absolute Gasteiger partial charge is 0.493 e. The Morgan fingerprint density at radius 2 is 2.25 bits per heavy atom. The summed E-state index contributed by atoms with van der Waals surface area (Å²) in [6, 6.07) is 5.34. The van der Waals surface area contributed by atoms with Gasteiger partial charge in [-0.05, 0) is 24.1 Å². The molecule has 86 valence electrons. The van der Waals surface area contributed by atoms with Gasteiger partial charge in [-0.3, -0.25) is 4.79 Å². The molecule has 16 heavy (non-hydrogen) atoms. The molecule has 0 aliphatic carbocycles. The van der Waals surface area contributed by atoms with Crippen LogP contribution in [0.3, 0.4) is 0 Å². The van der Waals surface area contributed by atoms with Crippen LogP contribution < -0.4 is 15.2 Å². The quantitative estimate of drug-likeness (QED) is 0.462. The molecule has 0 spiro atoms. The molecule has 1 aromatic carbocycles. The number of esters is 1. The Morgan fingerprint density at radius 3 is 2.81 bits per heavy atom. The molecule has 0 fully saturated rings. The van der Waals surface area contributed by atoms with Crippen LogP contribution in [0.15, 0.2) is 30.9 Å². The van der Waals surface area contributed by atoms with Gasteiger partial charge in [0.05, 0.1) is 13.7 Å². The van der Waals surface area contributed by atoms with Crippen molar-refractivity contribution in [2.24, 2.45) is 5.73 Å². The highest BCUT2D eigenvalue weighted by Crippen LogP contribution is 2.28. The molecule has 0 radical (unpaired) electrons. The Labute approximate surface area is 94.7 Å². The molecule has 0 bridgehead atoms. The van der Waals surface area contributed by atoms with Crippen molar-refractivity contribution in [2.45, 2.75) is 6.42 Å². The second-order valence-corrected chi connectivity index (χ2v) is 3.16. The minimum absolute atomic E-state index is 0.155. The molecular weight excluding hydrogens is 206 g/mol. The molecule has 0 saturated heterocycles.